The molecular formula is C17H33ClN2O2. The van der Waals surface area contributed by atoms with Crippen LogP contribution in [0.15, 0.2) is 0 Å². The summed E-state index contributed by atoms with van der Waals surface area (Å²) in [7, 11) is 0. The van der Waals surface area contributed by atoms with Gasteiger partial charge in [-0.05, 0) is 31.6 Å². The number of carbonyl (C=O) groups is 1. The van der Waals surface area contributed by atoms with Gasteiger partial charge in [0.05, 0.1) is 6.10 Å². The number of ether oxygens (including phenoxy) is 1. The lowest BCUT2D eigenvalue weighted by Gasteiger charge is -2.57. The van der Waals surface area contributed by atoms with E-state index in [1.807, 2.05) is 20.8 Å². The van der Waals surface area contributed by atoms with Gasteiger partial charge in [-0.25, -0.2) is 0 Å². The molecule has 1 amide bonds. The molecule has 2 aliphatic carbocycles. The lowest BCUT2D eigenvalue weighted by Crippen LogP contribution is -2.75. The number of hydrogen-bond donors (Lipinski definition) is 2. The molecule has 2 saturated carbocycles. The minimum atomic E-state index is -0.783. The lowest BCUT2D eigenvalue weighted by atomic mass is 9.54. The molecule has 22 heavy (non-hydrogen) atoms. The van der Waals surface area contributed by atoms with E-state index in [2.05, 4.69) is 12.2 Å². The van der Waals surface area contributed by atoms with E-state index in [0.29, 0.717) is 18.9 Å². The number of carbonyl (C=O) groups excluding carboxylic acids is 1. The van der Waals surface area contributed by atoms with Crippen LogP contribution in [0.25, 0.3) is 0 Å². The summed E-state index contributed by atoms with van der Waals surface area (Å²) in [6, 6.07) is 0. The van der Waals surface area contributed by atoms with Gasteiger partial charge in [0.2, 0.25) is 5.91 Å². The van der Waals surface area contributed by atoms with Gasteiger partial charge in [-0.1, -0.05) is 33.6 Å². The second-order valence-electron chi connectivity index (χ2n) is 7.68. The zero-order valence-corrected chi connectivity index (χ0v) is 15.3. The van der Waals surface area contributed by atoms with Crippen LogP contribution in [0, 0.1) is 17.3 Å². The molecule has 2 unspecified atom stereocenters. The highest BCUT2D eigenvalue weighted by molar-refractivity contribution is 5.88. The van der Waals surface area contributed by atoms with Crippen molar-refractivity contribution < 1.29 is 9.53 Å². The van der Waals surface area contributed by atoms with Gasteiger partial charge >= 0.3 is 0 Å². The molecule has 2 rings (SSSR count). The van der Waals surface area contributed by atoms with E-state index in [0.717, 1.165) is 12.5 Å². The van der Waals surface area contributed by atoms with Crippen molar-refractivity contribution in [2.75, 3.05) is 13.2 Å². The second-order valence-corrected chi connectivity index (χ2v) is 7.68. The van der Waals surface area contributed by atoms with Crippen LogP contribution in [0.5, 0.6) is 0 Å². The molecule has 2 aliphatic rings. The Morgan fingerprint density at radius 1 is 1.27 bits per heavy atom. The van der Waals surface area contributed by atoms with Gasteiger partial charge in [-0.2, -0.15) is 0 Å². The van der Waals surface area contributed by atoms with Gasteiger partial charge < -0.3 is 15.8 Å². The summed E-state index contributed by atoms with van der Waals surface area (Å²) in [5.74, 6) is 1.47. The Kier molecular flexibility index (Phi) is 6.72. The van der Waals surface area contributed by atoms with Crippen LogP contribution in [0.2, 0.25) is 0 Å². The van der Waals surface area contributed by atoms with Crippen LogP contribution in [0.3, 0.4) is 0 Å². The molecule has 0 aromatic carbocycles. The highest BCUT2D eigenvalue weighted by atomic mass is 35.5. The number of amides is 1. The molecule has 2 atom stereocenters. The van der Waals surface area contributed by atoms with Crippen molar-refractivity contribution in [3.05, 3.63) is 0 Å². The molecular weight excluding hydrogens is 300 g/mol. The largest absolute Gasteiger partial charge is 0.378 e. The molecule has 4 nitrogen and oxygen atoms in total. The third kappa shape index (κ3) is 3.60. The number of halogens is 1. The molecule has 0 aromatic heterocycles. The van der Waals surface area contributed by atoms with Crippen molar-refractivity contribution >= 4 is 18.3 Å². The Labute approximate surface area is 141 Å². The minimum absolute atomic E-state index is 0. The summed E-state index contributed by atoms with van der Waals surface area (Å²) in [6.07, 6.45) is 5.74. The van der Waals surface area contributed by atoms with Gasteiger partial charge in [0.15, 0.2) is 0 Å². The van der Waals surface area contributed by atoms with Crippen LogP contribution < -0.4 is 11.1 Å². The monoisotopic (exact) mass is 332 g/mol. The van der Waals surface area contributed by atoms with Crippen molar-refractivity contribution in [3.8, 4) is 0 Å². The van der Waals surface area contributed by atoms with Gasteiger partial charge in [0, 0.05) is 25.0 Å². The van der Waals surface area contributed by atoms with Crippen LogP contribution in [-0.4, -0.2) is 30.7 Å². The zero-order valence-electron chi connectivity index (χ0n) is 14.5. The van der Waals surface area contributed by atoms with E-state index in [1.54, 1.807) is 0 Å². The average Bonchev–Trinajstić information content (AvgIpc) is 2.45. The third-order valence-electron chi connectivity index (χ3n) is 5.92. The van der Waals surface area contributed by atoms with Crippen LogP contribution in [-0.2, 0) is 9.53 Å². The van der Waals surface area contributed by atoms with Gasteiger partial charge in [-0.15, -0.1) is 12.4 Å². The predicted octanol–water partition coefficient (Wildman–Crippen LogP) is 2.88. The molecule has 0 heterocycles. The first-order chi connectivity index (χ1) is 9.81. The smallest absolute Gasteiger partial charge is 0.240 e. The maximum atomic E-state index is 12.5. The third-order valence-corrected chi connectivity index (χ3v) is 5.92. The van der Waals surface area contributed by atoms with Crippen molar-refractivity contribution in [2.24, 2.45) is 23.0 Å². The summed E-state index contributed by atoms with van der Waals surface area (Å²) < 4.78 is 5.68. The van der Waals surface area contributed by atoms with Gasteiger partial charge in [-0.3, -0.25) is 4.79 Å². The minimum Gasteiger partial charge on any atom is -0.378 e. The molecule has 5 heteroatoms. The lowest BCUT2D eigenvalue weighted by molar-refractivity contribution is -0.170. The number of nitrogens with one attached hydrogen (secondary N) is 1. The maximum absolute atomic E-state index is 12.5. The van der Waals surface area contributed by atoms with E-state index in [9.17, 15) is 4.79 Å². The summed E-state index contributed by atoms with van der Waals surface area (Å²) in [5.41, 5.74) is 5.31. The molecule has 0 radical (unpaired) electrons. The van der Waals surface area contributed by atoms with Crippen LogP contribution in [0.1, 0.15) is 59.8 Å². The molecule has 0 saturated heterocycles. The highest BCUT2D eigenvalue weighted by Crippen LogP contribution is 2.49. The standard InChI is InChI=1S/C17H32N2O2.ClH/c1-5-21-14-10-17(18,16(14,3)4)15(20)19-11-13-8-6-12(2)7-9-13;/h12-14H,5-11,18H2,1-4H3,(H,19,20);1H. The van der Waals surface area contributed by atoms with Crippen molar-refractivity contribution in [1.29, 1.82) is 0 Å². The summed E-state index contributed by atoms with van der Waals surface area (Å²) in [5, 5.41) is 3.11. The molecule has 2 fully saturated rings. The van der Waals surface area contributed by atoms with Crippen molar-refractivity contribution in [3.63, 3.8) is 0 Å². The highest BCUT2D eigenvalue weighted by Gasteiger charge is 2.62. The van der Waals surface area contributed by atoms with E-state index < -0.39 is 5.54 Å². The Hall–Kier alpha value is -0.320. The number of hydrogen-bond acceptors (Lipinski definition) is 3. The first-order valence-electron chi connectivity index (χ1n) is 8.50. The topological polar surface area (TPSA) is 64.3 Å². The summed E-state index contributed by atoms with van der Waals surface area (Å²) in [6.45, 7) is 9.83. The SMILES string of the molecule is CCOC1CC(N)(C(=O)NCC2CCC(C)CC2)C1(C)C.Cl. The first-order valence-corrected chi connectivity index (χ1v) is 8.50. The fourth-order valence-corrected chi connectivity index (χ4v) is 3.75. The van der Waals surface area contributed by atoms with Crippen LogP contribution >= 0.6 is 12.4 Å². The molecule has 0 aromatic rings. The number of nitrogens with two attached hydrogens (primary N) is 1. The Morgan fingerprint density at radius 3 is 2.36 bits per heavy atom. The van der Waals surface area contributed by atoms with E-state index in [-0.39, 0.29) is 29.8 Å². The fourth-order valence-electron chi connectivity index (χ4n) is 3.75. The van der Waals surface area contributed by atoms with E-state index >= 15 is 0 Å². The van der Waals surface area contributed by atoms with Crippen molar-refractivity contribution in [1.82, 2.24) is 5.32 Å². The van der Waals surface area contributed by atoms with Gasteiger partial charge in [0.1, 0.15) is 5.54 Å². The molecule has 0 aliphatic heterocycles. The fraction of sp³-hybridized carbons (Fsp3) is 0.941. The number of rotatable bonds is 5. The molecule has 130 valence electrons. The normalized spacial score (nSPS) is 36.9. The Balaban J connectivity index is 0.00000242. The zero-order chi connectivity index (χ0) is 15.7. The molecule has 0 spiro atoms. The van der Waals surface area contributed by atoms with Gasteiger partial charge in [0.25, 0.3) is 0 Å². The van der Waals surface area contributed by atoms with E-state index in [1.165, 1.54) is 25.7 Å². The molecule has 3 N–H and O–H groups in total. The quantitative estimate of drug-likeness (QED) is 0.813. The van der Waals surface area contributed by atoms with E-state index in [4.69, 9.17) is 10.5 Å². The van der Waals surface area contributed by atoms with Crippen LogP contribution in [0.4, 0.5) is 0 Å². The maximum Gasteiger partial charge on any atom is 0.240 e. The Bertz CT molecular complexity index is 381. The van der Waals surface area contributed by atoms with Crippen molar-refractivity contribution in [2.45, 2.75) is 71.4 Å². The second kappa shape index (κ2) is 7.50. The summed E-state index contributed by atoms with van der Waals surface area (Å²) in [4.78, 5) is 12.5. The first kappa shape index (κ1) is 19.7. The molecule has 0 bridgehead atoms. The average molecular weight is 333 g/mol. The Morgan fingerprint density at radius 2 is 1.86 bits per heavy atom. The predicted molar refractivity (Wildman–Crippen MR) is 92.1 cm³/mol. The summed E-state index contributed by atoms with van der Waals surface area (Å²) >= 11 is 0.